The zero-order valence-corrected chi connectivity index (χ0v) is 8.64. The minimum absolute atomic E-state index is 0.120. The highest BCUT2D eigenvalue weighted by molar-refractivity contribution is 7.10. The van der Waals surface area contributed by atoms with Gasteiger partial charge in [-0.15, -0.1) is 11.3 Å². The monoisotopic (exact) mass is 211 g/mol. The third-order valence-electron chi connectivity index (χ3n) is 2.43. The van der Waals surface area contributed by atoms with E-state index in [2.05, 4.69) is 21.8 Å². The molecule has 0 saturated heterocycles. The van der Waals surface area contributed by atoms with Gasteiger partial charge in [-0.25, -0.2) is 5.84 Å². The molecule has 0 bridgehead atoms. The lowest BCUT2D eigenvalue weighted by molar-refractivity contribution is -0.122. The largest absolute Gasteiger partial charge is 0.293 e. The van der Waals surface area contributed by atoms with Gasteiger partial charge in [-0.3, -0.25) is 15.1 Å². The highest BCUT2D eigenvalue weighted by Gasteiger charge is 2.18. The summed E-state index contributed by atoms with van der Waals surface area (Å²) in [6.45, 7) is 2.21. The Morgan fingerprint density at radius 2 is 2.57 bits per heavy atom. The number of nitrogens with zero attached hydrogens (tertiary/aromatic N) is 1. The van der Waals surface area contributed by atoms with E-state index in [0.717, 1.165) is 19.5 Å². The van der Waals surface area contributed by atoms with Crippen LogP contribution in [0.4, 0.5) is 0 Å². The molecule has 1 aliphatic rings. The third-order valence-corrected chi connectivity index (χ3v) is 3.38. The summed E-state index contributed by atoms with van der Waals surface area (Å²) in [6, 6.07) is 2.17. The van der Waals surface area contributed by atoms with Crippen LogP contribution < -0.4 is 11.3 Å². The molecule has 1 amide bonds. The number of amides is 1. The van der Waals surface area contributed by atoms with Gasteiger partial charge in [-0.1, -0.05) is 0 Å². The van der Waals surface area contributed by atoms with Crippen LogP contribution >= 0.6 is 11.3 Å². The lowest BCUT2D eigenvalue weighted by Crippen LogP contribution is -2.42. The average molecular weight is 211 g/mol. The highest BCUT2D eigenvalue weighted by Crippen LogP contribution is 2.23. The van der Waals surface area contributed by atoms with E-state index in [1.807, 2.05) is 0 Å². The molecule has 76 valence electrons. The molecule has 2 rings (SSSR count). The van der Waals surface area contributed by atoms with E-state index in [1.165, 1.54) is 10.4 Å². The Balaban J connectivity index is 1.97. The van der Waals surface area contributed by atoms with Crippen molar-refractivity contribution >= 4 is 17.2 Å². The Bertz CT molecular complexity index is 337. The first-order valence-corrected chi connectivity index (χ1v) is 5.44. The number of carbonyl (C=O) groups excluding carboxylic acids is 1. The van der Waals surface area contributed by atoms with E-state index in [-0.39, 0.29) is 5.91 Å². The molecule has 0 aromatic carbocycles. The van der Waals surface area contributed by atoms with Crippen LogP contribution in [0.1, 0.15) is 10.4 Å². The minimum atomic E-state index is -0.120. The predicted molar refractivity (Wildman–Crippen MR) is 55.6 cm³/mol. The van der Waals surface area contributed by atoms with E-state index in [1.54, 1.807) is 11.3 Å². The molecule has 0 atom stereocenters. The number of nitrogens with one attached hydrogen (secondary N) is 1. The summed E-state index contributed by atoms with van der Waals surface area (Å²) in [5.74, 6) is 4.92. The zero-order valence-electron chi connectivity index (χ0n) is 7.82. The lowest BCUT2D eigenvalue weighted by atomic mass is 10.1. The number of hydrogen-bond donors (Lipinski definition) is 2. The van der Waals surface area contributed by atoms with Gasteiger partial charge in [0.25, 0.3) is 0 Å². The number of thiophene rings is 1. The Labute approximate surface area is 86.7 Å². The first-order valence-electron chi connectivity index (χ1n) is 4.56. The van der Waals surface area contributed by atoms with Gasteiger partial charge in [0.1, 0.15) is 0 Å². The maximum absolute atomic E-state index is 11.1. The number of nitrogens with two attached hydrogens (primary N) is 1. The second-order valence-corrected chi connectivity index (χ2v) is 4.40. The van der Waals surface area contributed by atoms with E-state index in [0.29, 0.717) is 6.54 Å². The summed E-state index contributed by atoms with van der Waals surface area (Å²) in [7, 11) is 0. The number of rotatable bonds is 2. The van der Waals surface area contributed by atoms with Gasteiger partial charge in [0, 0.05) is 18.0 Å². The molecule has 1 aliphatic heterocycles. The number of hydrazine groups is 1. The molecular formula is C9H13N3OS. The molecular weight excluding hydrogens is 198 g/mol. The van der Waals surface area contributed by atoms with Gasteiger partial charge in [0.05, 0.1) is 6.54 Å². The van der Waals surface area contributed by atoms with E-state index in [9.17, 15) is 4.79 Å². The predicted octanol–water partition coefficient (Wildman–Crippen LogP) is 0.0961. The average Bonchev–Trinajstić information content (AvgIpc) is 2.64. The van der Waals surface area contributed by atoms with E-state index < -0.39 is 0 Å². The standard InChI is InChI=1S/C9H13N3OS/c10-11-9(13)6-12-3-1-7-2-4-14-8(7)5-12/h2,4H,1,3,5-6,10H2,(H,11,13). The Kier molecular flexibility index (Phi) is 2.81. The molecule has 5 heteroatoms. The smallest absolute Gasteiger partial charge is 0.248 e. The molecule has 1 aromatic rings. The van der Waals surface area contributed by atoms with Crippen molar-refractivity contribution in [3.63, 3.8) is 0 Å². The van der Waals surface area contributed by atoms with Crippen molar-refractivity contribution < 1.29 is 4.79 Å². The quantitative estimate of drug-likeness (QED) is 0.414. The Morgan fingerprint density at radius 1 is 1.71 bits per heavy atom. The first kappa shape index (κ1) is 9.64. The van der Waals surface area contributed by atoms with Crippen molar-refractivity contribution in [3.8, 4) is 0 Å². The number of fused-ring (bicyclic) bond motifs is 1. The molecule has 0 radical (unpaired) electrons. The highest BCUT2D eigenvalue weighted by atomic mass is 32.1. The molecule has 0 saturated carbocycles. The molecule has 1 aromatic heterocycles. The van der Waals surface area contributed by atoms with Crippen LogP contribution in [0.3, 0.4) is 0 Å². The van der Waals surface area contributed by atoms with Crippen LogP contribution in [-0.2, 0) is 17.8 Å². The molecule has 2 heterocycles. The fourth-order valence-corrected chi connectivity index (χ4v) is 2.65. The van der Waals surface area contributed by atoms with Crippen molar-refractivity contribution in [1.29, 1.82) is 0 Å². The summed E-state index contributed by atoms with van der Waals surface area (Å²) in [5, 5.41) is 2.11. The lowest BCUT2D eigenvalue weighted by Gasteiger charge is -2.25. The molecule has 0 spiro atoms. The van der Waals surface area contributed by atoms with Gasteiger partial charge in [-0.2, -0.15) is 0 Å². The van der Waals surface area contributed by atoms with Crippen molar-refractivity contribution in [2.45, 2.75) is 13.0 Å². The number of hydrogen-bond acceptors (Lipinski definition) is 4. The van der Waals surface area contributed by atoms with Crippen molar-refractivity contribution in [1.82, 2.24) is 10.3 Å². The topological polar surface area (TPSA) is 58.4 Å². The maximum Gasteiger partial charge on any atom is 0.248 e. The fraction of sp³-hybridized carbons (Fsp3) is 0.444. The van der Waals surface area contributed by atoms with Crippen molar-refractivity contribution in [2.75, 3.05) is 13.1 Å². The normalized spacial score (nSPS) is 16.4. The van der Waals surface area contributed by atoms with Crippen LogP contribution in [0, 0.1) is 0 Å². The molecule has 0 unspecified atom stereocenters. The van der Waals surface area contributed by atoms with Gasteiger partial charge >= 0.3 is 0 Å². The van der Waals surface area contributed by atoms with E-state index in [4.69, 9.17) is 5.84 Å². The molecule has 3 N–H and O–H groups in total. The molecule has 0 fully saturated rings. The van der Waals surface area contributed by atoms with Gasteiger partial charge in [0.15, 0.2) is 0 Å². The summed E-state index contributed by atoms with van der Waals surface area (Å²) >= 11 is 1.76. The van der Waals surface area contributed by atoms with E-state index >= 15 is 0 Å². The van der Waals surface area contributed by atoms with Gasteiger partial charge in [0.2, 0.25) is 5.91 Å². The summed E-state index contributed by atoms with van der Waals surface area (Å²) in [5.41, 5.74) is 3.58. The van der Waals surface area contributed by atoms with Crippen LogP contribution in [0.5, 0.6) is 0 Å². The number of carbonyl (C=O) groups is 1. The second-order valence-electron chi connectivity index (χ2n) is 3.40. The summed E-state index contributed by atoms with van der Waals surface area (Å²) in [4.78, 5) is 14.5. The fourth-order valence-electron chi connectivity index (χ4n) is 1.67. The Hall–Kier alpha value is -0.910. The summed E-state index contributed by atoms with van der Waals surface area (Å²) < 4.78 is 0. The first-order chi connectivity index (χ1) is 6.79. The Morgan fingerprint density at radius 3 is 3.36 bits per heavy atom. The zero-order chi connectivity index (χ0) is 9.97. The van der Waals surface area contributed by atoms with Crippen LogP contribution in [0.15, 0.2) is 11.4 Å². The summed E-state index contributed by atoms with van der Waals surface area (Å²) in [6.07, 6.45) is 1.04. The van der Waals surface area contributed by atoms with Gasteiger partial charge < -0.3 is 0 Å². The van der Waals surface area contributed by atoms with Gasteiger partial charge in [-0.05, 0) is 23.4 Å². The van der Waals surface area contributed by atoms with Crippen molar-refractivity contribution in [2.24, 2.45) is 5.84 Å². The molecule has 4 nitrogen and oxygen atoms in total. The minimum Gasteiger partial charge on any atom is -0.293 e. The third kappa shape index (κ3) is 1.95. The van der Waals surface area contributed by atoms with Crippen LogP contribution in [0.2, 0.25) is 0 Å². The molecule has 14 heavy (non-hydrogen) atoms. The SMILES string of the molecule is NNC(=O)CN1CCc2ccsc2C1. The second kappa shape index (κ2) is 4.08. The maximum atomic E-state index is 11.1. The van der Waals surface area contributed by atoms with Crippen LogP contribution in [-0.4, -0.2) is 23.9 Å². The van der Waals surface area contributed by atoms with Crippen LogP contribution in [0.25, 0.3) is 0 Å². The molecule has 0 aliphatic carbocycles. The van der Waals surface area contributed by atoms with Crippen molar-refractivity contribution in [3.05, 3.63) is 21.9 Å².